The van der Waals surface area contributed by atoms with Crippen LogP contribution in [0.1, 0.15) is 6.92 Å². The number of alkyl halides is 3. The molecule has 0 bridgehead atoms. The van der Waals surface area contributed by atoms with Gasteiger partial charge < -0.3 is 10.2 Å². The van der Waals surface area contributed by atoms with Crippen LogP contribution in [0.4, 0.5) is 18.0 Å². The number of carbonyl (C=O) groups is 1. The van der Waals surface area contributed by atoms with Gasteiger partial charge in [-0.3, -0.25) is 4.90 Å². The molecule has 94 valence electrons. The number of nitrogens with one attached hydrogen (secondary N) is 1. The van der Waals surface area contributed by atoms with Crippen LogP contribution in [0.3, 0.4) is 0 Å². The number of rotatable bonds is 2. The molecule has 16 heavy (non-hydrogen) atoms. The minimum atomic E-state index is -4.16. The number of piperazine rings is 1. The number of halogens is 3. The number of amides is 2. The van der Waals surface area contributed by atoms with Crippen molar-refractivity contribution >= 4 is 6.03 Å². The molecule has 0 saturated carbocycles. The van der Waals surface area contributed by atoms with Crippen molar-refractivity contribution in [3.05, 3.63) is 0 Å². The second-order valence-electron chi connectivity index (χ2n) is 3.71. The minimum Gasteiger partial charge on any atom is -0.338 e. The monoisotopic (exact) mass is 239 g/mol. The minimum absolute atomic E-state index is 0.200. The number of nitrogens with zero attached hydrogens (tertiary/aromatic N) is 2. The summed E-state index contributed by atoms with van der Waals surface area (Å²) in [6, 6.07) is -0.200. The van der Waals surface area contributed by atoms with Gasteiger partial charge in [0.1, 0.15) is 0 Å². The summed E-state index contributed by atoms with van der Waals surface area (Å²) in [6.45, 7) is 2.69. The fourth-order valence-electron chi connectivity index (χ4n) is 1.63. The molecular formula is C9H16F3N3O. The first-order valence-electron chi connectivity index (χ1n) is 5.24. The zero-order valence-electron chi connectivity index (χ0n) is 9.18. The molecule has 0 aromatic heterocycles. The second-order valence-corrected chi connectivity index (χ2v) is 3.71. The Morgan fingerprint density at radius 3 is 2.25 bits per heavy atom. The predicted octanol–water partition coefficient (Wildman–Crippen LogP) is 0.896. The molecule has 4 nitrogen and oxygen atoms in total. The van der Waals surface area contributed by atoms with Crippen molar-refractivity contribution in [3.8, 4) is 0 Å². The van der Waals surface area contributed by atoms with Gasteiger partial charge in [-0.15, -0.1) is 0 Å². The Labute approximate surface area is 92.4 Å². The maximum atomic E-state index is 12.1. The lowest BCUT2D eigenvalue weighted by atomic mass is 10.3. The van der Waals surface area contributed by atoms with E-state index in [1.165, 1.54) is 9.80 Å². The van der Waals surface area contributed by atoms with Crippen molar-refractivity contribution in [1.29, 1.82) is 0 Å². The highest BCUT2D eigenvalue weighted by molar-refractivity contribution is 5.74. The molecule has 0 unspecified atom stereocenters. The molecule has 1 rings (SSSR count). The highest BCUT2D eigenvalue weighted by Crippen LogP contribution is 2.17. The molecular weight excluding hydrogens is 223 g/mol. The second kappa shape index (κ2) is 5.38. The van der Waals surface area contributed by atoms with Crippen LogP contribution in [0.25, 0.3) is 0 Å². The van der Waals surface area contributed by atoms with Gasteiger partial charge in [0, 0.05) is 32.7 Å². The molecule has 1 heterocycles. The maximum Gasteiger partial charge on any atom is 0.401 e. The molecule has 0 radical (unpaired) electrons. The summed E-state index contributed by atoms with van der Waals surface area (Å²) >= 11 is 0. The molecule has 0 spiro atoms. The Morgan fingerprint density at radius 2 is 1.81 bits per heavy atom. The summed E-state index contributed by atoms with van der Waals surface area (Å²) in [4.78, 5) is 14.2. The number of carbonyl (C=O) groups excluding carboxylic acids is 1. The Kier molecular flexibility index (Phi) is 4.40. The van der Waals surface area contributed by atoms with E-state index in [0.717, 1.165) is 0 Å². The Bertz CT molecular complexity index is 237. The van der Waals surface area contributed by atoms with Gasteiger partial charge in [0.2, 0.25) is 0 Å². The van der Waals surface area contributed by atoms with E-state index in [1.54, 1.807) is 6.92 Å². The van der Waals surface area contributed by atoms with Crippen molar-refractivity contribution in [2.45, 2.75) is 13.1 Å². The van der Waals surface area contributed by atoms with Crippen molar-refractivity contribution in [1.82, 2.24) is 15.1 Å². The van der Waals surface area contributed by atoms with Crippen LogP contribution < -0.4 is 5.32 Å². The van der Waals surface area contributed by atoms with Crippen LogP contribution in [-0.4, -0.2) is 61.3 Å². The number of urea groups is 1. The molecule has 1 N–H and O–H groups in total. The Hall–Kier alpha value is -0.980. The van der Waals surface area contributed by atoms with Gasteiger partial charge in [-0.2, -0.15) is 13.2 Å². The van der Waals surface area contributed by atoms with Crippen LogP contribution >= 0.6 is 0 Å². The molecule has 7 heteroatoms. The van der Waals surface area contributed by atoms with E-state index in [4.69, 9.17) is 0 Å². The first kappa shape index (κ1) is 13.1. The van der Waals surface area contributed by atoms with Crippen LogP contribution in [0.2, 0.25) is 0 Å². The first-order valence-corrected chi connectivity index (χ1v) is 5.24. The average molecular weight is 239 g/mol. The zero-order chi connectivity index (χ0) is 12.2. The van der Waals surface area contributed by atoms with Gasteiger partial charge in [-0.25, -0.2) is 4.79 Å². The number of hydrogen-bond acceptors (Lipinski definition) is 2. The zero-order valence-corrected chi connectivity index (χ0v) is 9.18. The summed E-state index contributed by atoms with van der Waals surface area (Å²) in [5, 5.41) is 2.62. The van der Waals surface area contributed by atoms with E-state index in [2.05, 4.69) is 5.32 Å². The third-order valence-electron chi connectivity index (χ3n) is 2.39. The lowest BCUT2D eigenvalue weighted by Gasteiger charge is -2.34. The molecule has 0 aromatic rings. The quantitative estimate of drug-likeness (QED) is 0.777. The largest absolute Gasteiger partial charge is 0.401 e. The van der Waals surface area contributed by atoms with Crippen molar-refractivity contribution < 1.29 is 18.0 Å². The van der Waals surface area contributed by atoms with E-state index in [-0.39, 0.29) is 19.1 Å². The smallest absolute Gasteiger partial charge is 0.338 e. The molecule has 0 atom stereocenters. The highest BCUT2D eigenvalue weighted by atomic mass is 19.4. The summed E-state index contributed by atoms with van der Waals surface area (Å²) in [6.07, 6.45) is -4.16. The maximum absolute atomic E-state index is 12.1. The van der Waals surface area contributed by atoms with Crippen molar-refractivity contribution in [2.75, 3.05) is 39.3 Å². The molecule has 1 aliphatic heterocycles. The van der Waals surface area contributed by atoms with Crippen LogP contribution in [0.5, 0.6) is 0 Å². The SMILES string of the molecule is CCNC(=O)N1CCN(CC(F)(F)F)CC1. The normalized spacial score (nSPS) is 18.6. The topological polar surface area (TPSA) is 35.6 Å². The predicted molar refractivity (Wildman–Crippen MR) is 53.1 cm³/mol. The highest BCUT2D eigenvalue weighted by Gasteiger charge is 2.32. The summed E-state index contributed by atoms with van der Waals surface area (Å²) in [7, 11) is 0. The Balaban J connectivity index is 2.31. The average Bonchev–Trinajstić information content (AvgIpc) is 2.16. The van der Waals surface area contributed by atoms with Crippen molar-refractivity contribution in [3.63, 3.8) is 0 Å². The van der Waals surface area contributed by atoms with Gasteiger partial charge in [0.15, 0.2) is 0 Å². The molecule has 1 fully saturated rings. The van der Waals surface area contributed by atoms with Gasteiger partial charge in [0.25, 0.3) is 0 Å². The van der Waals surface area contributed by atoms with E-state index < -0.39 is 12.7 Å². The lowest BCUT2D eigenvalue weighted by molar-refractivity contribution is -0.148. The molecule has 2 amide bonds. The van der Waals surface area contributed by atoms with Crippen molar-refractivity contribution in [2.24, 2.45) is 0 Å². The van der Waals surface area contributed by atoms with E-state index in [9.17, 15) is 18.0 Å². The van der Waals surface area contributed by atoms with Gasteiger partial charge >= 0.3 is 12.2 Å². The third kappa shape index (κ3) is 4.26. The van der Waals surface area contributed by atoms with Gasteiger partial charge in [-0.1, -0.05) is 0 Å². The summed E-state index contributed by atoms with van der Waals surface area (Å²) < 4.78 is 36.2. The summed E-state index contributed by atoms with van der Waals surface area (Å²) in [5.41, 5.74) is 0. The standard InChI is InChI=1S/C9H16F3N3O/c1-2-13-8(16)15-5-3-14(4-6-15)7-9(10,11)12/h2-7H2,1H3,(H,13,16). The Morgan fingerprint density at radius 1 is 1.25 bits per heavy atom. The molecule has 1 aliphatic rings. The van der Waals surface area contributed by atoms with Crippen LogP contribution in [0.15, 0.2) is 0 Å². The van der Waals surface area contributed by atoms with E-state index in [0.29, 0.717) is 19.6 Å². The van der Waals surface area contributed by atoms with E-state index >= 15 is 0 Å². The van der Waals surface area contributed by atoms with Crippen LogP contribution in [0, 0.1) is 0 Å². The first-order chi connectivity index (χ1) is 7.42. The molecule has 0 aliphatic carbocycles. The fourth-order valence-corrected chi connectivity index (χ4v) is 1.63. The third-order valence-corrected chi connectivity index (χ3v) is 2.39. The van der Waals surface area contributed by atoms with Crippen LogP contribution in [-0.2, 0) is 0 Å². The number of hydrogen-bond donors (Lipinski definition) is 1. The lowest BCUT2D eigenvalue weighted by Crippen LogP contribution is -2.53. The molecule has 0 aromatic carbocycles. The fraction of sp³-hybridized carbons (Fsp3) is 0.889. The van der Waals surface area contributed by atoms with Gasteiger partial charge in [0.05, 0.1) is 6.54 Å². The van der Waals surface area contributed by atoms with E-state index in [1.807, 2.05) is 0 Å². The summed E-state index contributed by atoms with van der Waals surface area (Å²) in [5.74, 6) is 0. The molecule has 1 saturated heterocycles. The van der Waals surface area contributed by atoms with Gasteiger partial charge in [-0.05, 0) is 6.92 Å².